The van der Waals surface area contributed by atoms with Gasteiger partial charge in [0, 0.05) is 19.0 Å². The molecule has 0 unspecified atom stereocenters. The largest absolute Gasteiger partial charge is 0.480 e. The average Bonchev–Trinajstić information content (AvgIpc) is 3.36. The SMILES string of the molecule is COCc1nc(OC)c2c(C)c(C(=O)Nc3cccc(Cn4nc5ccccn5c4=O)c3)sc2n1. The molecule has 0 saturated carbocycles. The number of pyridine rings is 1. The lowest BCUT2D eigenvalue weighted by Gasteiger charge is -2.07. The van der Waals surface area contributed by atoms with Crippen molar-refractivity contribution in [3.05, 3.63) is 81.0 Å². The number of hydrogen-bond acceptors (Lipinski definition) is 8. The maximum atomic E-state index is 13.2. The van der Waals surface area contributed by atoms with Crippen LogP contribution in [0.3, 0.4) is 0 Å². The Morgan fingerprint density at radius 2 is 2.00 bits per heavy atom. The molecule has 11 heteroatoms. The van der Waals surface area contributed by atoms with E-state index in [-0.39, 0.29) is 24.7 Å². The fraction of sp³-hybridized carbons (Fsp3) is 0.208. The summed E-state index contributed by atoms with van der Waals surface area (Å²) in [6, 6.07) is 12.7. The fourth-order valence-electron chi connectivity index (χ4n) is 3.88. The molecule has 0 spiro atoms. The lowest BCUT2D eigenvalue weighted by molar-refractivity contribution is 0.103. The molecule has 0 aliphatic rings. The number of thiophene rings is 1. The van der Waals surface area contributed by atoms with Crippen molar-refractivity contribution < 1.29 is 14.3 Å². The second-order valence-corrected chi connectivity index (χ2v) is 8.84. The summed E-state index contributed by atoms with van der Waals surface area (Å²) in [5, 5.41) is 8.03. The summed E-state index contributed by atoms with van der Waals surface area (Å²) >= 11 is 1.28. The van der Waals surface area contributed by atoms with E-state index in [4.69, 9.17) is 9.47 Å². The van der Waals surface area contributed by atoms with Gasteiger partial charge in [-0.25, -0.2) is 14.5 Å². The molecule has 1 aromatic carbocycles. The molecule has 0 fully saturated rings. The number of ether oxygens (including phenoxy) is 2. The maximum absolute atomic E-state index is 13.2. The zero-order chi connectivity index (χ0) is 24.5. The third-order valence-corrected chi connectivity index (χ3v) is 6.67. The van der Waals surface area contributed by atoms with E-state index in [1.54, 1.807) is 31.5 Å². The number of fused-ring (bicyclic) bond motifs is 2. The number of rotatable bonds is 7. The molecule has 1 N–H and O–H groups in total. The van der Waals surface area contributed by atoms with E-state index in [0.29, 0.717) is 38.1 Å². The van der Waals surface area contributed by atoms with Crippen molar-refractivity contribution in [3.63, 3.8) is 0 Å². The number of aromatic nitrogens is 5. The summed E-state index contributed by atoms with van der Waals surface area (Å²) in [5.41, 5.74) is 2.54. The summed E-state index contributed by atoms with van der Waals surface area (Å²) in [4.78, 5) is 35.8. The lowest BCUT2D eigenvalue weighted by atomic mass is 10.1. The van der Waals surface area contributed by atoms with Gasteiger partial charge in [0.15, 0.2) is 11.5 Å². The molecule has 5 rings (SSSR count). The lowest BCUT2D eigenvalue weighted by Crippen LogP contribution is -2.21. The zero-order valence-electron chi connectivity index (χ0n) is 19.3. The monoisotopic (exact) mass is 490 g/mol. The predicted octanol–water partition coefficient (Wildman–Crippen LogP) is 3.26. The summed E-state index contributed by atoms with van der Waals surface area (Å²) in [7, 11) is 3.10. The summed E-state index contributed by atoms with van der Waals surface area (Å²) in [6.45, 7) is 2.37. The molecule has 4 aromatic heterocycles. The highest BCUT2D eigenvalue weighted by molar-refractivity contribution is 7.20. The van der Waals surface area contributed by atoms with Gasteiger partial charge in [-0.15, -0.1) is 16.4 Å². The van der Waals surface area contributed by atoms with E-state index >= 15 is 0 Å². The second kappa shape index (κ2) is 9.28. The molecule has 0 atom stereocenters. The maximum Gasteiger partial charge on any atom is 0.350 e. The summed E-state index contributed by atoms with van der Waals surface area (Å²) in [5.74, 6) is 0.637. The van der Waals surface area contributed by atoms with Crippen LogP contribution in [0.4, 0.5) is 5.69 Å². The van der Waals surface area contributed by atoms with Gasteiger partial charge in [0.25, 0.3) is 5.91 Å². The molecule has 5 aromatic rings. The Labute approximate surface area is 203 Å². The molecule has 35 heavy (non-hydrogen) atoms. The number of amides is 1. The van der Waals surface area contributed by atoms with Crippen LogP contribution in [0.1, 0.15) is 26.6 Å². The number of hydrogen-bond donors (Lipinski definition) is 1. The molecule has 4 heterocycles. The van der Waals surface area contributed by atoms with E-state index < -0.39 is 0 Å². The van der Waals surface area contributed by atoms with Crippen LogP contribution in [0.25, 0.3) is 15.9 Å². The molecule has 0 bridgehead atoms. The normalized spacial score (nSPS) is 11.3. The molecule has 0 aliphatic carbocycles. The van der Waals surface area contributed by atoms with Crippen LogP contribution in [0.5, 0.6) is 5.88 Å². The van der Waals surface area contributed by atoms with Crippen molar-refractivity contribution in [2.24, 2.45) is 0 Å². The Kier molecular flexibility index (Phi) is 6.01. The Bertz CT molecular complexity index is 1620. The quantitative estimate of drug-likeness (QED) is 0.373. The third kappa shape index (κ3) is 4.27. The zero-order valence-corrected chi connectivity index (χ0v) is 20.1. The first-order valence-electron chi connectivity index (χ1n) is 10.8. The van der Waals surface area contributed by atoms with Crippen molar-refractivity contribution in [1.29, 1.82) is 0 Å². The first kappa shape index (κ1) is 22.7. The van der Waals surface area contributed by atoms with E-state index in [2.05, 4.69) is 20.4 Å². The van der Waals surface area contributed by atoms with Gasteiger partial charge in [0.2, 0.25) is 5.88 Å². The Hall–Kier alpha value is -4.09. The Balaban J connectivity index is 1.41. The van der Waals surface area contributed by atoms with Crippen LogP contribution in [-0.4, -0.2) is 44.3 Å². The van der Waals surface area contributed by atoms with Gasteiger partial charge in [0.1, 0.15) is 11.4 Å². The fourth-order valence-corrected chi connectivity index (χ4v) is 4.97. The minimum absolute atomic E-state index is 0.223. The number of benzene rings is 1. The summed E-state index contributed by atoms with van der Waals surface area (Å²) in [6.07, 6.45) is 1.68. The predicted molar refractivity (Wildman–Crippen MR) is 132 cm³/mol. The van der Waals surface area contributed by atoms with Crippen LogP contribution in [0, 0.1) is 6.92 Å². The molecule has 0 radical (unpaired) electrons. The minimum atomic E-state index is -0.261. The third-order valence-electron chi connectivity index (χ3n) is 5.48. The molecule has 0 aliphatic heterocycles. The highest BCUT2D eigenvalue weighted by Gasteiger charge is 2.21. The topological polar surface area (TPSA) is 113 Å². The van der Waals surface area contributed by atoms with Crippen molar-refractivity contribution >= 4 is 38.8 Å². The van der Waals surface area contributed by atoms with E-state index in [1.165, 1.54) is 27.5 Å². The number of carbonyl (C=O) groups excluding carboxylic acids is 1. The van der Waals surface area contributed by atoms with E-state index in [9.17, 15) is 9.59 Å². The van der Waals surface area contributed by atoms with Gasteiger partial charge >= 0.3 is 5.69 Å². The average molecular weight is 491 g/mol. The van der Waals surface area contributed by atoms with Crippen LogP contribution >= 0.6 is 11.3 Å². The Morgan fingerprint density at radius 1 is 1.14 bits per heavy atom. The summed E-state index contributed by atoms with van der Waals surface area (Å²) < 4.78 is 13.5. The molecule has 1 amide bonds. The highest BCUT2D eigenvalue weighted by atomic mass is 32.1. The molecule has 10 nitrogen and oxygen atoms in total. The van der Waals surface area contributed by atoms with E-state index in [1.807, 2.05) is 31.2 Å². The number of anilines is 1. The first-order valence-corrected chi connectivity index (χ1v) is 11.6. The molecule has 0 saturated heterocycles. The molecular weight excluding hydrogens is 468 g/mol. The van der Waals surface area contributed by atoms with Gasteiger partial charge in [-0.05, 0) is 42.3 Å². The van der Waals surface area contributed by atoms with Crippen LogP contribution in [-0.2, 0) is 17.9 Å². The smallest absolute Gasteiger partial charge is 0.350 e. The highest BCUT2D eigenvalue weighted by Crippen LogP contribution is 2.35. The second-order valence-electron chi connectivity index (χ2n) is 7.84. The van der Waals surface area contributed by atoms with Crippen LogP contribution in [0.15, 0.2) is 53.5 Å². The molecule has 178 valence electrons. The van der Waals surface area contributed by atoms with Gasteiger partial charge < -0.3 is 14.8 Å². The number of carbonyl (C=O) groups is 1. The van der Waals surface area contributed by atoms with Gasteiger partial charge in [-0.1, -0.05) is 18.2 Å². The van der Waals surface area contributed by atoms with E-state index in [0.717, 1.165) is 11.1 Å². The van der Waals surface area contributed by atoms with Gasteiger partial charge in [0.05, 0.1) is 23.9 Å². The molecular formula is C24H22N6O4S. The Morgan fingerprint density at radius 3 is 2.77 bits per heavy atom. The van der Waals surface area contributed by atoms with Crippen LogP contribution < -0.4 is 15.7 Å². The van der Waals surface area contributed by atoms with Crippen molar-refractivity contribution in [2.75, 3.05) is 19.5 Å². The van der Waals surface area contributed by atoms with Gasteiger partial charge in [-0.2, -0.15) is 4.98 Å². The minimum Gasteiger partial charge on any atom is -0.480 e. The standard InChI is InChI=1S/C24H22N6O4S/c1-14-19-22(34-3)26-17(13-33-2)27-23(19)35-20(14)21(31)25-16-8-6-7-15(11-16)12-30-24(32)29-10-5-4-9-18(29)28-30/h4-11H,12-13H2,1-3H3,(H,25,31). The van der Waals surface area contributed by atoms with Crippen molar-refractivity contribution in [1.82, 2.24) is 24.1 Å². The number of methoxy groups -OCH3 is 2. The van der Waals surface area contributed by atoms with Crippen molar-refractivity contribution in [2.45, 2.75) is 20.1 Å². The van der Waals surface area contributed by atoms with Crippen LogP contribution in [0.2, 0.25) is 0 Å². The number of nitrogens with one attached hydrogen (secondary N) is 1. The number of nitrogens with zero attached hydrogens (tertiary/aromatic N) is 5. The van der Waals surface area contributed by atoms with Gasteiger partial charge in [-0.3, -0.25) is 9.20 Å². The first-order chi connectivity index (χ1) is 17.0. The van der Waals surface area contributed by atoms with Crippen molar-refractivity contribution in [3.8, 4) is 5.88 Å². The number of aryl methyl sites for hydroxylation is 1.